The van der Waals surface area contributed by atoms with Gasteiger partial charge < -0.3 is 15.8 Å². The molecule has 0 saturated heterocycles. The number of nitrogens with two attached hydrogens (primary N) is 1. The Labute approximate surface area is 159 Å². The van der Waals surface area contributed by atoms with Crippen molar-refractivity contribution in [2.24, 2.45) is 0 Å². The smallest absolute Gasteiger partial charge is 0.350 e. The Morgan fingerprint density at radius 2 is 1.65 bits per heavy atom. The third-order valence-electron chi connectivity index (χ3n) is 3.51. The lowest BCUT2D eigenvalue weighted by atomic mass is 10.2. The Morgan fingerprint density at radius 1 is 1.04 bits per heavy atom. The van der Waals surface area contributed by atoms with Crippen LogP contribution in [0.5, 0.6) is 0 Å². The van der Waals surface area contributed by atoms with Gasteiger partial charge in [-0.3, -0.25) is 4.79 Å². The first-order valence-corrected chi connectivity index (χ1v) is 9.33. The third kappa shape index (κ3) is 3.89. The van der Waals surface area contributed by atoms with Gasteiger partial charge in [0.2, 0.25) is 0 Å². The van der Waals surface area contributed by atoms with Crippen LogP contribution >= 0.6 is 23.1 Å². The SMILES string of the molecule is COC(=O)c1sc(Sc2ccccc2)c(NC(=O)c2ccccc2)c1N. The molecule has 0 aliphatic carbocycles. The Morgan fingerprint density at radius 3 is 2.27 bits per heavy atom. The zero-order chi connectivity index (χ0) is 18.5. The summed E-state index contributed by atoms with van der Waals surface area (Å²) in [5, 5.41) is 2.83. The summed E-state index contributed by atoms with van der Waals surface area (Å²) in [5.41, 5.74) is 7.29. The van der Waals surface area contributed by atoms with Gasteiger partial charge in [-0.25, -0.2) is 4.79 Å². The molecule has 7 heteroatoms. The van der Waals surface area contributed by atoms with Gasteiger partial charge in [0.1, 0.15) is 4.88 Å². The topological polar surface area (TPSA) is 81.4 Å². The second kappa shape index (κ2) is 8.07. The van der Waals surface area contributed by atoms with E-state index in [4.69, 9.17) is 10.5 Å². The Bertz CT molecular complexity index is 925. The van der Waals surface area contributed by atoms with Crippen molar-refractivity contribution < 1.29 is 14.3 Å². The summed E-state index contributed by atoms with van der Waals surface area (Å²) in [6.45, 7) is 0. The average molecular weight is 384 g/mol. The molecular weight excluding hydrogens is 368 g/mol. The summed E-state index contributed by atoms with van der Waals surface area (Å²) >= 11 is 2.63. The molecule has 132 valence electrons. The number of nitrogens with one attached hydrogen (secondary N) is 1. The predicted molar refractivity (Wildman–Crippen MR) is 105 cm³/mol. The monoisotopic (exact) mass is 384 g/mol. The highest BCUT2D eigenvalue weighted by Gasteiger charge is 2.24. The van der Waals surface area contributed by atoms with E-state index in [1.807, 2.05) is 36.4 Å². The zero-order valence-corrected chi connectivity index (χ0v) is 15.5. The summed E-state index contributed by atoms with van der Waals surface area (Å²) in [6.07, 6.45) is 0. The van der Waals surface area contributed by atoms with E-state index >= 15 is 0 Å². The van der Waals surface area contributed by atoms with E-state index in [2.05, 4.69) is 5.32 Å². The first kappa shape index (κ1) is 18.0. The Hall–Kier alpha value is -2.77. The number of rotatable bonds is 5. The minimum Gasteiger partial charge on any atom is -0.465 e. The van der Waals surface area contributed by atoms with Crippen molar-refractivity contribution in [3.63, 3.8) is 0 Å². The number of ether oxygens (including phenoxy) is 1. The van der Waals surface area contributed by atoms with E-state index in [0.29, 0.717) is 11.3 Å². The molecule has 0 aliphatic heterocycles. The van der Waals surface area contributed by atoms with Crippen molar-refractivity contribution in [3.8, 4) is 0 Å². The van der Waals surface area contributed by atoms with Crippen LogP contribution in [0.15, 0.2) is 69.8 Å². The lowest BCUT2D eigenvalue weighted by Crippen LogP contribution is -2.13. The molecule has 0 aliphatic rings. The Balaban J connectivity index is 1.97. The largest absolute Gasteiger partial charge is 0.465 e. The Kier molecular flexibility index (Phi) is 5.60. The van der Waals surface area contributed by atoms with Crippen molar-refractivity contribution in [2.45, 2.75) is 9.10 Å². The molecule has 0 radical (unpaired) electrons. The number of nitrogen functional groups attached to an aromatic ring is 1. The van der Waals surface area contributed by atoms with Crippen molar-refractivity contribution in [3.05, 3.63) is 71.1 Å². The second-order valence-electron chi connectivity index (χ2n) is 5.23. The third-order valence-corrected chi connectivity index (χ3v) is 5.89. The first-order valence-electron chi connectivity index (χ1n) is 7.70. The summed E-state index contributed by atoms with van der Waals surface area (Å²) in [4.78, 5) is 25.8. The van der Waals surface area contributed by atoms with Crippen molar-refractivity contribution in [1.29, 1.82) is 0 Å². The van der Waals surface area contributed by atoms with Gasteiger partial charge in [-0.1, -0.05) is 48.2 Å². The number of esters is 1. The molecule has 3 rings (SSSR count). The van der Waals surface area contributed by atoms with Crippen LogP contribution in [0.3, 0.4) is 0 Å². The molecular formula is C19H16N2O3S2. The van der Waals surface area contributed by atoms with E-state index in [0.717, 1.165) is 9.10 Å². The normalized spacial score (nSPS) is 10.3. The maximum Gasteiger partial charge on any atom is 0.350 e. The summed E-state index contributed by atoms with van der Waals surface area (Å²) < 4.78 is 5.52. The number of benzene rings is 2. The number of thiophene rings is 1. The summed E-state index contributed by atoms with van der Waals surface area (Å²) in [5.74, 6) is -0.816. The van der Waals surface area contributed by atoms with Crippen LogP contribution in [0.25, 0.3) is 0 Å². The van der Waals surface area contributed by atoms with Gasteiger partial charge in [-0.05, 0) is 24.3 Å². The number of anilines is 2. The molecule has 1 aromatic heterocycles. The van der Waals surface area contributed by atoms with Crippen LogP contribution in [0.1, 0.15) is 20.0 Å². The van der Waals surface area contributed by atoms with E-state index in [9.17, 15) is 9.59 Å². The molecule has 2 aromatic carbocycles. The molecule has 0 atom stereocenters. The van der Waals surface area contributed by atoms with Gasteiger partial charge >= 0.3 is 5.97 Å². The molecule has 1 amide bonds. The van der Waals surface area contributed by atoms with E-state index in [-0.39, 0.29) is 16.5 Å². The molecule has 0 unspecified atom stereocenters. The molecule has 0 fully saturated rings. The highest BCUT2D eigenvalue weighted by atomic mass is 32.2. The molecule has 1 heterocycles. The predicted octanol–water partition coefficient (Wildman–Crippen LogP) is 4.52. The van der Waals surface area contributed by atoms with E-state index in [1.165, 1.54) is 30.2 Å². The molecule has 5 nitrogen and oxygen atoms in total. The summed E-state index contributed by atoms with van der Waals surface area (Å²) in [7, 11) is 1.30. The summed E-state index contributed by atoms with van der Waals surface area (Å²) in [6, 6.07) is 18.5. The van der Waals surface area contributed by atoms with Crippen LogP contribution in [0, 0.1) is 0 Å². The lowest BCUT2D eigenvalue weighted by molar-refractivity contribution is 0.0607. The fraction of sp³-hybridized carbons (Fsp3) is 0.0526. The molecule has 0 saturated carbocycles. The van der Waals surface area contributed by atoms with Gasteiger partial charge in [-0.2, -0.15) is 0 Å². The van der Waals surface area contributed by atoms with Gasteiger partial charge in [0.05, 0.1) is 22.7 Å². The highest BCUT2D eigenvalue weighted by Crippen LogP contribution is 2.45. The quantitative estimate of drug-likeness (QED) is 0.632. The second-order valence-corrected chi connectivity index (χ2v) is 7.60. The molecule has 3 N–H and O–H groups in total. The number of hydrogen-bond donors (Lipinski definition) is 2. The molecule has 26 heavy (non-hydrogen) atoms. The van der Waals surface area contributed by atoms with Gasteiger partial charge in [-0.15, -0.1) is 11.3 Å². The maximum atomic E-state index is 12.5. The average Bonchev–Trinajstić information content (AvgIpc) is 2.98. The number of carbonyl (C=O) groups is 2. The number of carbonyl (C=O) groups excluding carboxylic acids is 2. The van der Waals surface area contributed by atoms with Crippen molar-refractivity contribution in [2.75, 3.05) is 18.2 Å². The van der Waals surface area contributed by atoms with E-state index in [1.54, 1.807) is 24.3 Å². The first-order chi connectivity index (χ1) is 12.6. The fourth-order valence-electron chi connectivity index (χ4n) is 2.23. The van der Waals surface area contributed by atoms with Gasteiger partial charge in [0.25, 0.3) is 5.91 Å². The zero-order valence-electron chi connectivity index (χ0n) is 13.9. The van der Waals surface area contributed by atoms with Crippen molar-refractivity contribution >= 4 is 46.3 Å². The molecule has 3 aromatic rings. The highest BCUT2D eigenvalue weighted by molar-refractivity contribution is 8.01. The minimum absolute atomic E-state index is 0.213. The van der Waals surface area contributed by atoms with Crippen LogP contribution in [0.4, 0.5) is 11.4 Å². The van der Waals surface area contributed by atoms with Gasteiger partial charge in [0, 0.05) is 10.5 Å². The minimum atomic E-state index is -0.525. The molecule has 0 bridgehead atoms. The van der Waals surface area contributed by atoms with Crippen LogP contribution in [0.2, 0.25) is 0 Å². The number of methoxy groups -OCH3 is 1. The van der Waals surface area contributed by atoms with Gasteiger partial charge in [0.15, 0.2) is 0 Å². The lowest BCUT2D eigenvalue weighted by Gasteiger charge is -2.08. The van der Waals surface area contributed by atoms with E-state index < -0.39 is 5.97 Å². The van der Waals surface area contributed by atoms with Crippen LogP contribution in [-0.4, -0.2) is 19.0 Å². The standard InChI is InChI=1S/C19H16N2O3S2/c1-24-18(23)16-14(20)15(21-17(22)12-8-4-2-5-9-12)19(26-16)25-13-10-6-3-7-11-13/h2-11H,20H2,1H3,(H,21,22). The molecule has 0 spiro atoms. The number of amides is 1. The van der Waals surface area contributed by atoms with Crippen LogP contribution in [-0.2, 0) is 4.74 Å². The maximum absolute atomic E-state index is 12.5. The van der Waals surface area contributed by atoms with Crippen LogP contribution < -0.4 is 11.1 Å². The van der Waals surface area contributed by atoms with Crippen molar-refractivity contribution in [1.82, 2.24) is 0 Å². The fourth-order valence-corrected chi connectivity index (χ4v) is 4.53. The number of hydrogen-bond acceptors (Lipinski definition) is 6.